The van der Waals surface area contributed by atoms with Crippen molar-refractivity contribution in [2.75, 3.05) is 30.8 Å². The van der Waals surface area contributed by atoms with Gasteiger partial charge in [-0.3, -0.25) is 4.79 Å². The minimum Gasteiger partial charge on any atom is -0.479 e. The van der Waals surface area contributed by atoms with Crippen molar-refractivity contribution in [2.24, 2.45) is 0 Å². The molecule has 0 aliphatic heterocycles. The van der Waals surface area contributed by atoms with E-state index in [-0.39, 0.29) is 19.1 Å². The summed E-state index contributed by atoms with van der Waals surface area (Å²) in [7, 11) is 1.55. The predicted octanol–water partition coefficient (Wildman–Crippen LogP) is 3.62. The molecule has 0 radical (unpaired) electrons. The summed E-state index contributed by atoms with van der Waals surface area (Å²) in [6, 6.07) is 12.1. The molecule has 28 heavy (non-hydrogen) atoms. The molecule has 0 unspecified atom stereocenters. The van der Waals surface area contributed by atoms with Crippen molar-refractivity contribution in [1.82, 2.24) is 4.90 Å². The highest BCUT2D eigenvalue weighted by atomic mass is 16.5. The first-order valence-corrected chi connectivity index (χ1v) is 8.79. The van der Waals surface area contributed by atoms with Gasteiger partial charge < -0.3 is 20.3 Å². The summed E-state index contributed by atoms with van der Waals surface area (Å²) in [5, 5.41) is 14.1. The number of aryl methyl sites for hydroxylation is 3. The van der Waals surface area contributed by atoms with Crippen LogP contribution in [0, 0.1) is 32.1 Å². The van der Waals surface area contributed by atoms with E-state index < -0.39 is 6.03 Å². The number of amides is 3. The van der Waals surface area contributed by atoms with E-state index >= 15 is 0 Å². The Morgan fingerprint density at radius 2 is 1.68 bits per heavy atom. The van der Waals surface area contributed by atoms with Crippen molar-refractivity contribution < 1.29 is 14.3 Å². The van der Waals surface area contributed by atoms with Gasteiger partial charge in [-0.05, 0) is 56.2 Å². The van der Waals surface area contributed by atoms with Gasteiger partial charge in [-0.15, -0.1) is 0 Å². The van der Waals surface area contributed by atoms with Crippen LogP contribution in [0.4, 0.5) is 16.2 Å². The molecule has 0 bridgehead atoms. The lowest BCUT2D eigenvalue weighted by Gasteiger charge is -2.19. The number of nitrogens with zero attached hydrogens (tertiary/aromatic N) is 2. The molecule has 2 rings (SSSR count). The van der Waals surface area contributed by atoms with Crippen LogP contribution in [0.3, 0.4) is 0 Å². The summed E-state index contributed by atoms with van der Waals surface area (Å²) >= 11 is 0. The van der Waals surface area contributed by atoms with Gasteiger partial charge in [0.25, 0.3) is 0 Å². The largest absolute Gasteiger partial charge is 0.479 e. The number of hydrogen-bond acceptors (Lipinski definition) is 4. The maximum Gasteiger partial charge on any atom is 0.322 e. The number of likely N-dealkylation sites (N-methyl/N-ethyl adjacent to an activating group) is 1. The number of urea groups is 1. The van der Waals surface area contributed by atoms with Crippen molar-refractivity contribution in [3.05, 3.63) is 53.1 Å². The normalized spacial score (nSPS) is 9.96. The molecule has 0 heterocycles. The molecule has 7 nitrogen and oxygen atoms in total. The topological polar surface area (TPSA) is 94.5 Å². The third kappa shape index (κ3) is 5.74. The minimum atomic E-state index is -0.404. The molecule has 146 valence electrons. The monoisotopic (exact) mass is 380 g/mol. The van der Waals surface area contributed by atoms with Crippen LogP contribution in [0.2, 0.25) is 0 Å². The molecule has 0 atom stereocenters. The zero-order valence-electron chi connectivity index (χ0n) is 16.5. The smallest absolute Gasteiger partial charge is 0.322 e. The van der Waals surface area contributed by atoms with Crippen molar-refractivity contribution in [2.45, 2.75) is 20.8 Å². The summed E-state index contributed by atoms with van der Waals surface area (Å²) in [6.07, 6.45) is 0. The van der Waals surface area contributed by atoms with Crippen LogP contribution in [0.1, 0.15) is 16.7 Å². The Morgan fingerprint density at radius 1 is 1.07 bits per heavy atom. The Balaban J connectivity index is 1.91. The van der Waals surface area contributed by atoms with Crippen LogP contribution in [-0.2, 0) is 4.79 Å². The fourth-order valence-electron chi connectivity index (χ4n) is 2.81. The van der Waals surface area contributed by atoms with Gasteiger partial charge in [0.1, 0.15) is 18.4 Å². The Bertz CT molecular complexity index is 878. The molecule has 3 amide bonds. The summed E-state index contributed by atoms with van der Waals surface area (Å²) < 4.78 is 5.16. The number of ether oxygens (including phenoxy) is 1. The van der Waals surface area contributed by atoms with E-state index in [4.69, 9.17) is 10.00 Å². The third-order valence-corrected chi connectivity index (χ3v) is 4.08. The zero-order chi connectivity index (χ0) is 20.7. The number of benzene rings is 2. The number of carbonyl (C=O) groups excluding carboxylic acids is 2. The molecule has 0 aliphatic carbocycles. The van der Waals surface area contributed by atoms with E-state index in [9.17, 15) is 9.59 Å². The first-order chi connectivity index (χ1) is 13.3. The average molecular weight is 380 g/mol. The maximum absolute atomic E-state index is 12.3. The van der Waals surface area contributed by atoms with Gasteiger partial charge in [0.05, 0.1) is 0 Å². The number of carbonyl (C=O) groups is 2. The van der Waals surface area contributed by atoms with Crippen LogP contribution >= 0.6 is 0 Å². The first-order valence-electron chi connectivity index (χ1n) is 8.79. The summed E-state index contributed by atoms with van der Waals surface area (Å²) in [6.45, 7) is 5.77. The predicted molar refractivity (Wildman–Crippen MR) is 108 cm³/mol. The maximum atomic E-state index is 12.3. The minimum absolute atomic E-state index is 0.0382. The number of rotatable bonds is 6. The fourth-order valence-corrected chi connectivity index (χ4v) is 2.81. The average Bonchev–Trinajstić information content (AvgIpc) is 2.64. The highest BCUT2D eigenvalue weighted by molar-refractivity contribution is 5.97. The zero-order valence-corrected chi connectivity index (χ0v) is 16.5. The van der Waals surface area contributed by atoms with E-state index in [2.05, 4.69) is 10.6 Å². The molecule has 2 aromatic carbocycles. The summed E-state index contributed by atoms with van der Waals surface area (Å²) in [5.74, 6) is 0.268. The van der Waals surface area contributed by atoms with Crippen LogP contribution in [0.5, 0.6) is 5.75 Å². The molecule has 0 saturated carbocycles. The number of anilines is 2. The lowest BCUT2D eigenvalue weighted by Crippen LogP contribution is -2.37. The number of nitriles is 1. The quantitative estimate of drug-likeness (QED) is 0.800. The van der Waals surface area contributed by atoms with Gasteiger partial charge >= 0.3 is 6.03 Å². The Kier molecular flexibility index (Phi) is 6.99. The molecule has 0 spiro atoms. The highest BCUT2D eigenvalue weighted by Crippen LogP contribution is 2.22. The molecular formula is C21H24N4O3. The third-order valence-electron chi connectivity index (χ3n) is 4.08. The van der Waals surface area contributed by atoms with Gasteiger partial charge in [-0.1, -0.05) is 17.7 Å². The van der Waals surface area contributed by atoms with Gasteiger partial charge in [0, 0.05) is 18.4 Å². The summed E-state index contributed by atoms with van der Waals surface area (Å²) in [4.78, 5) is 25.9. The Labute approximate surface area is 164 Å². The first kappa shape index (κ1) is 20.8. The van der Waals surface area contributed by atoms with E-state index in [1.54, 1.807) is 31.3 Å². The van der Waals surface area contributed by atoms with Gasteiger partial charge in [-0.2, -0.15) is 5.26 Å². The molecule has 0 fully saturated rings. The summed E-state index contributed by atoms with van der Waals surface area (Å²) in [5.41, 5.74) is 4.44. The second-order valence-electron chi connectivity index (χ2n) is 6.58. The van der Waals surface area contributed by atoms with E-state index in [0.29, 0.717) is 11.4 Å². The van der Waals surface area contributed by atoms with Crippen LogP contribution in [-0.4, -0.2) is 37.0 Å². The number of nitrogens with one attached hydrogen (secondary N) is 2. The Morgan fingerprint density at radius 3 is 2.25 bits per heavy atom. The van der Waals surface area contributed by atoms with Crippen LogP contribution in [0.15, 0.2) is 36.4 Å². The molecule has 7 heteroatoms. The van der Waals surface area contributed by atoms with E-state index in [1.807, 2.05) is 39.0 Å². The van der Waals surface area contributed by atoms with E-state index in [1.165, 1.54) is 4.90 Å². The van der Waals surface area contributed by atoms with Crippen LogP contribution < -0.4 is 15.4 Å². The second-order valence-corrected chi connectivity index (χ2v) is 6.58. The lowest BCUT2D eigenvalue weighted by atomic mass is 10.1. The number of hydrogen-bond donors (Lipinski definition) is 2. The standard InChI is InChI=1S/C21H24N4O3/c1-14-11-15(2)20(16(3)12-14)24-19(26)13-25(4)21(27)23-17-5-7-18(8-6-17)28-10-9-22/h5-8,11-12H,10,13H2,1-4H3,(H,23,27)(H,24,26). The van der Waals surface area contributed by atoms with E-state index in [0.717, 1.165) is 22.4 Å². The van der Waals surface area contributed by atoms with Gasteiger partial charge in [0.2, 0.25) is 5.91 Å². The molecular weight excluding hydrogens is 356 g/mol. The lowest BCUT2D eigenvalue weighted by molar-refractivity contribution is -0.116. The molecule has 0 aromatic heterocycles. The molecule has 0 aliphatic rings. The molecule has 2 aromatic rings. The Hall–Kier alpha value is -3.53. The van der Waals surface area contributed by atoms with Crippen molar-refractivity contribution in [3.63, 3.8) is 0 Å². The SMILES string of the molecule is Cc1cc(C)c(NC(=O)CN(C)C(=O)Nc2ccc(OCC#N)cc2)c(C)c1. The fraction of sp³-hybridized carbons (Fsp3) is 0.286. The molecule has 0 saturated heterocycles. The van der Waals surface area contributed by atoms with Crippen molar-refractivity contribution >= 4 is 23.3 Å². The van der Waals surface area contributed by atoms with Crippen molar-refractivity contribution in [1.29, 1.82) is 5.26 Å². The van der Waals surface area contributed by atoms with Gasteiger partial charge in [-0.25, -0.2) is 4.79 Å². The highest BCUT2D eigenvalue weighted by Gasteiger charge is 2.15. The second kappa shape index (κ2) is 9.42. The van der Waals surface area contributed by atoms with Crippen molar-refractivity contribution in [3.8, 4) is 11.8 Å². The molecule has 2 N–H and O–H groups in total. The van der Waals surface area contributed by atoms with Crippen LogP contribution in [0.25, 0.3) is 0 Å². The van der Waals surface area contributed by atoms with Gasteiger partial charge in [0.15, 0.2) is 6.61 Å².